The van der Waals surface area contributed by atoms with Gasteiger partial charge in [0.05, 0.1) is 0 Å². The molecule has 0 radical (unpaired) electrons. The molecule has 0 unspecified atom stereocenters. The van der Waals surface area contributed by atoms with Gasteiger partial charge in [-0.05, 0) is 24.1 Å². The molecule has 1 aromatic carbocycles. The van der Waals surface area contributed by atoms with Crippen LogP contribution in [0.4, 0.5) is 11.6 Å². The van der Waals surface area contributed by atoms with Gasteiger partial charge in [-0.25, -0.2) is 9.97 Å². The second kappa shape index (κ2) is 7.10. The average molecular weight is 291 g/mol. The zero-order valence-corrected chi connectivity index (χ0v) is 12.5. The summed E-state index contributed by atoms with van der Waals surface area (Å²) in [4.78, 5) is 8.94. The Morgan fingerprint density at radius 3 is 2.65 bits per heavy atom. The van der Waals surface area contributed by atoms with E-state index in [2.05, 4.69) is 27.5 Å². The van der Waals surface area contributed by atoms with Crippen LogP contribution in [-0.2, 0) is 13.0 Å². The van der Waals surface area contributed by atoms with E-state index in [0.717, 1.165) is 40.9 Å². The number of aromatic nitrogens is 2. The Morgan fingerprint density at radius 1 is 1.15 bits per heavy atom. The molecule has 0 saturated carbocycles. The van der Waals surface area contributed by atoms with Crippen molar-refractivity contribution in [2.24, 2.45) is 0 Å². The topological polar surface area (TPSA) is 49.8 Å². The quantitative estimate of drug-likeness (QED) is 0.851. The van der Waals surface area contributed by atoms with Crippen LogP contribution >= 0.6 is 11.6 Å². The normalized spacial score (nSPS) is 10.3. The molecule has 0 fully saturated rings. The Hall–Kier alpha value is -1.81. The SMILES string of the molecule is CCCc1nc(NC)cc(NCc2cccc(Cl)c2)n1. The van der Waals surface area contributed by atoms with Crippen molar-refractivity contribution in [2.45, 2.75) is 26.3 Å². The largest absolute Gasteiger partial charge is 0.373 e. The highest BCUT2D eigenvalue weighted by Crippen LogP contribution is 2.15. The molecule has 4 nitrogen and oxygen atoms in total. The molecule has 0 amide bonds. The predicted octanol–water partition coefficient (Wildman–Crippen LogP) is 3.74. The molecule has 0 spiro atoms. The van der Waals surface area contributed by atoms with Crippen molar-refractivity contribution in [1.29, 1.82) is 0 Å². The maximum atomic E-state index is 5.98. The summed E-state index contributed by atoms with van der Waals surface area (Å²) in [6, 6.07) is 9.70. The first-order valence-corrected chi connectivity index (χ1v) is 7.13. The van der Waals surface area contributed by atoms with Crippen LogP contribution < -0.4 is 10.6 Å². The Bertz CT molecular complexity index is 572. The molecule has 5 heteroatoms. The fourth-order valence-electron chi connectivity index (χ4n) is 1.89. The molecule has 1 aromatic heterocycles. The minimum absolute atomic E-state index is 0.687. The van der Waals surface area contributed by atoms with Crippen LogP contribution in [0, 0.1) is 0 Å². The van der Waals surface area contributed by atoms with Crippen LogP contribution in [0.15, 0.2) is 30.3 Å². The second-order valence-corrected chi connectivity index (χ2v) is 4.97. The summed E-state index contributed by atoms with van der Waals surface area (Å²) in [5, 5.41) is 7.12. The van der Waals surface area contributed by atoms with Crippen LogP contribution in [0.25, 0.3) is 0 Å². The molecular formula is C15H19ClN4. The maximum Gasteiger partial charge on any atom is 0.133 e. The van der Waals surface area contributed by atoms with Gasteiger partial charge >= 0.3 is 0 Å². The Kier molecular flexibility index (Phi) is 5.18. The first kappa shape index (κ1) is 14.6. The Morgan fingerprint density at radius 2 is 1.95 bits per heavy atom. The lowest BCUT2D eigenvalue weighted by atomic mass is 10.2. The third-order valence-electron chi connectivity index (χ3n) is 2.86. The minimum Gasteiger partial charge on any atom is -0.373 e. The molecule has 20 heavy (non-hydrogen) atoms. The monoisotopic (exact) mass is 290 g/mol. The molecule has 1 heterocycles. The van der Waals surface area contributed by atoms with Crippen LogP contribution in [0.1, 0.15) is 24.7 Å². The molecule has 0 aliphatic rings. The third-order valence-corrected chi connectivity index (χ3v) is 3.10. The fraction of sp³-hybridized carbons (Fsp3) is 0.333. The summed E-state index contributed by atoms with van der Waals surface area (Å²) in [5.74, 6) is 2.51. The number of nitrogens with zero attached hydrogens (tertiary/aromatic N) is 2. The lowest BCUT2D eigenvalue weighted by Crippen LogP contribution is -2.06. The van der Waals surface area contributed by atoms with Crippen molar-refractivity contribution in [3.8, 4) is 0 Å². The number of hydrogen-bond acceptors (Lipinski definition) is 4. The zero-order valence-electron chi connectivity index (χ0n) is 11.8. The Balaban J connectivity index is 2.10. The van der Waals surface area contributed by atoms with Crippen LogP contribution in [0.3, 0.4) is 0 Å². The fourth-order valence-corrected chi connectivity index (χ4v) is 2.10. The maximum absolute atomic E-state index is 5.98. The summed E-state index contributed by atoms with van der Waals surface area (Å²) in [7, 11) is 1.86. The number of anilines is 2. The Labute approximate surface area is 124 Å². The number of rotatable bonds is 6. The molecule has 2 rings (SSSR count). The second-order valence-electron chi connectivity index (χ2n) is 4.54. The molecule has 0 aliphatic carbocycles. The van der Waals surface area contributed by atoms with Gasteiger partial charge in [0.15, 0.2) is 0 Å². The van der Waals surface area contributed by atoms with Gasteiger partial charge in [0.2, 0.25) is 0 Å². The van der Waals surface area contributed by atoms with E-state index in [4.69, 9.17) is 11.6 Å². The van der Waals surface area contributed by atoms with Crippen molar-refractivity contribution in [3.05, 3.63) is 46.7 Å². The van der Waals surface area contributed by atoms with Gasteiger partial charge in [-0.3, -0.25) is 0 Å². The third kappa shape index (κ3) is 4.10. The van der Waals surface area contributed by atoms with Gasteiger partial charge in [-0.15, -0.1) is 0 Å². The molecule has 106 valence electrons. The van der Waals surface area contributed by atoms with E-state index in [0.29, 0.717) is 6.54 Å². The summed E-state index contributed by atoms with van der Waals surface area (Å²) in [6.45, 7) is 2.81. The van der Waals surface area contributed by atoms with Gasteiger partial charge in [0.25, 0.3) is 0 Å². The van der Waals surface area contributed by atoms with Crippen molar-refractivity contribution in [2.75, 3.05) is 17.7 Å². The first-order valence-electron chi connectivity index (χ1n) is 6.75. The van der Waals surface area contributed by atoms with Crippen LogP contribution in [-0.4, -0.2) is 17.0 Å². The van der Waals surface area contributed by atoms with E-state index in [-0.39, 0.29) is 0 Å². The highest BCUT2D eigenvalue weighted by atomic mass is 35.5. The highest BCUT2D eigenvalue weighted by Gasteiger charge is 2.03. The number of benzene rings is 1. The van der Waals surface area contributed by atoms with E-state index in [1.165, 1.54) is 0 Å². The molecule has 2 aromatic rings. The van der Waals surface area contributed by atoms with Crippen LogP contribution in [0.5, 0.6) is 0 Å². The summed E-state index contributed by atoms with van der Waals surface area (Å²) < 4.78 is 0. The highest BCUT2D eigenvalue weighted by molar-refractivity contribution is 6.30. The van der Waals surface area contributed by atoms with E-state index < -0.39 is 0 Å². The van der Waals surface area contributed by atoms with Crippen LogP contribution in [0.2, 0.25) is 5.02 Å². The lowest BCUT2D eigenvalue weighted by molar-refractivity contribution is 0.835. The molecule has 0 atom stereocenters. The molecular weight excluding hydrogens is 272 g/mol. The standard InChI is InChI=1S/C15H19ClN4/c1-3-5-13-19-14(17-2)9-15(20-13)18-10-11-6-4-7-12(16)8-11/h4,6-9H,3,5,10H2,1-2H3,(H2,17,18,19,20). The molecule has 2 N–H and O–H groups in total. The van der Waals surface area contributed by atoms with Crippen molar-refractivity contribution >= 4 is 23.2 Å². The minimum atomic E-state index is 0.687. The molecule has 0 saturated heterocycles. The molecule has 0 aliphatic heterocycles. The first-order chi connectivity index (χ1) is 9.71. The number of hydrogen-bond donors (Lipinski definition) is 2. The van der Waals surface area contributed by atoms with Gasteiger partial charge in [0.1, 0.15) is 17.5 Å². The van der Waals surface area contributed by atoms with Gasteiger partial charge in [0, 0.05) is 31.1 Å². The number of aryl methyl sites for hydroxylation is 1. The number of halogens is 1. The lowest BCUT2D eigenvalue weighted by Gasteiger charge is -2.10. The van der Waals surface area contributed by atoms with Gasteiger partial charge < -0.3 is 10.6 Å². The van der Waals surface area contributed by atoms with E-state index in [9.17, 15) is 0 Å². The van der Waals surface area contributed by atoms with Crippen molar-refractivity contribution < 1.29 is 0 Å². The van der Waals surface area contributed by atoms with Gasteiger partial charge in [-0.1, -0.05) is 30.7 Å². The predicted molar refractivity (Wildman–Crippen MR) is 84.4 cm³/mol. The summed E-state index contributed by atoms with van der Waals surface area (Å²) in [6.07, 6.45) is 1.91. The van der Waals surface area contributed by atoms with E-state index >= 15 is 0 Å². The average Bonchev–Trinajstić information content (AvgIpc) is 2.45. The van der Waals surface area contributed by atoms with Gasteiger partial charge in [-0.2, -0.15) is 0 Å². The molecule has 0 bridgehead atoms. The smallest absolute Gasteiger partial charge is 0.133 e. The summed E-state index contributed by atoms with van der Waals surface area (Å²) >= 11 is 5.98. The van der Waals surface area contributed by atoms with Crippen molar-refractivity contribution in [1.82, 2.24) is 9.97 Å². The van der Waals surface area contributed by atoms with E-state index in [1.54, 1.807) is 0 Å². The number of nitrogens with one attached hydrogen (secondary N) is 2. The summed E-state index contributed by atoms with van der Waals surface area (Å²) in [5.41, 5.74) is 1.12. The zero-order chi connectivity index (χ0) is 14.4. The van der Waals surface area contributed by atoms with Crippen molar-refractivity contribution in [3.63, 3.8) is 0 Å². The van der Waals surface area contributed by atoms with E-state index in [1.807, 2.05) is 37.4 Å².